The van der Waals surface area contributed by atoms with Gasteiger partial charge in [-0.3, -0.25) is 0 Å². The van der Waals surface area contributed by atoms with E-state index in [1.807, 2.05) is 0 Å². The minimum atomic E-state index is -4.59. The molecule has 2 N–H and O–H groups in total. The van der Waals surface area contributed by atoms with E-state index in [4.69, 9.17) is 10.5 Å². The van der Waals surface area contributed by atoms with Crippen LogP contribution < -0.4 is 15.2 Å². The second-order valence-corrected chi connectivity index (χ2v) is 4.17. The topological polar surface area (TPSA) is 87.3 Å². The van der Waals surface area contributed by atoms with Gasteiger partial charge in [-0.25, -0.2) is 9.78 Å². The highest BCUT2D eigenvalue weighted by Crippen LogP contribution is 2.30. The quantitative estimate of drug-likeness (QED) is 0.941. The zero-order valence-corrected chi connectivity index (χ0v) is 11.2. The maximum absolute atomic E-state index is 12.6. The predicted octanol–water partition coefficient (Wildman–Crippen LogP) is 3.05. The lowest BCUT2D eigenvalue weighted by atomic mass is 10.2. The van der Waals surface area contributed by atoms with Crippen molar-refractivity contribution in [3.05, 3.63) is 41.7 Å². The van der Waals surface area contributed by atoms with E-state index in [0.717, 1.165) is 12.3 Å². The van der Waals surface area contributed by atoms with Crippen LogP contribution in [0, 0.1) is 6.92 Å². The van der Waals surface area contributed by atoms with Crippen LogP contribution in [0.25, 0.3) is 0 Å². The predicted molar refractivity (Wildman–Crippen MR) is 68.5 cm³/mol. The number of hydrogen-bond donors (Lipinski definition) is 1. The number of rotatable bonds is 3. The summed E-state index contributed by atoms with van der Waals surface area (Å²) in [5.41, 5.74) is 4.27. The number of carbonyl (C=O) groups is 1. The van der Waals surface area contributed by atoms with E-state index in [1.54, 1.807) is 6.92 Å². The Morgan fingerprint density at radius 2 is 2.00 bits per heavy atom. The van der Waals surface area contributed by atoms with Gasteiger partial charge in [0, 0.05) is 6.20 Å². The van der Waals surface area contributed by atoms with Crippen LogP contribution in [-0.2, 0) is 6.18 Å². The van der Waals surface area contributed by atoms with Crippen molar-refractivity contribution in [3.63, 3.8) is 0 Å². The molecule has 0 atom stereocenters. The number of nitrogens with zero attached hydrogens (tertiary/aromatic N) is 2. The molecule has 9 heteroatoms. The van der Waals surface area contributed by atoms with E-state index in [9.17, 15) is 18.0 Å². The third-order valence-electron chi connectivity index (χ3n) is 2.49. The van der Waals surface area contributed by atoms with E-state index in [0.29, 0.717) is 5.56 Å². The molecule has 0 bridgehead atoms. The molecular formula is C13H10F3N3O3. The highest BCUT2D eigenvalue weighted by atomic mass is 19.4. The van der Waals surface area contributed by atoms with Gasteiger partial charge in [-0.2, -0.15) is 18.2 Å². The third kappa shape index (κ3) is 3.84. The van der Waals surface area contributed by atoms with Crippen molar-refractivity contribution in [1.82, 2.24) is 9.97 Å². The Morgan fingerprint density at radius 1 is 1.27 bits per heavy atom. The first kappa shape index (κ1) is 15.5. The molecule has 0 unspecified atom stereocenters. The van der Waals surface area contributed by atoms with Gasteiger partial charge in [-0.1, -0.05) is 0 Å². The number of alkyl halides is 3. The van der Waals surface area contributed by atoms with Crippen LogP contribution in [0.4, 0.5) is 18.0 Å². The smallest absolute Gasteiger partial charge is 0.424 e. The molecule has 1 aromatic heterocycles. The molecule has 2 aromatic rings. The largest absolute Gasteiger partial charge is 0.433 e. The van der Waals surface area contributed by atoms with Crippen LogP contribution in [0.3, 0.4) is 0 Å². The fourth-order valence-corrected chi connectivity index (χ4v) is 1.56. The van der Waals surface area contributed by atoms with Crippen molar-refractivity contribution in [2.24, 2.45) is 5.73 Å². The lowest BCUT2D eigenvalue weighted by Gasteiger charge is -2.10. The summed E-state index contributed by atoms with van der Waals surface area (Å²) in [6.45, 7) is 1.61. The van der Waals surface area contributed by atoms with Gasteiger partial charge >= 0.3 is 18.3 Å². The SMILES string of the molecule is Cc1cc(OC(N)=O)ccc1Oc1nccc(C(F)(F)F)n1. The standard InChI is InChI=1S/C13H10F3N3O3/c1-7-6-8(21-11(17)20)2-3-9(7)22-12-18-5-4-10(19-12)13(14,15)16/h2-6H,1H3,(H2,17,20). The third-order valence-corrected chi connectivity index (χ3v) is 2.49. The summed E-state index contributed by atoms with van der Waals surface area (Å²) in [6, 6.07) is 4.51. The number of carbonyl (C=O) groups excluding carboxylic acids is 1. The molecule has 116 valence electrons. The molecule has 0 radical (unpaired) electrons. The van der Waals surface area contributed by atoms with Gasteiger partial charge < -0.3 is 15.2 Å². The highest BCUT2D eigenvalue weighted by molar-refractivity contribution is 5.68. The van der Waals surface area contributed by atoms with Crippen molar-refractivity contribution in [3.8, 4) is 17.5 Å². The summed E-state index contributed by atoms with van der Waals surface area (Å²) in [5, 5.41) is 0. The summed E-state index contributed by atoms with van der Waals surface area (Å²) in [5.74, 6) is 0.401. The zero-order valence-electron chi connectivity index (χ0n) is 11.2. The van der Waals surface area contributed by atoms with Gasteiger partial charge in [0.25, 0.3) is 0 Å². The molecule has 2 rings (SSSR count). The van der Waals surface area contributed by atoms with E-state index in [-0.39, 0.29) is 11.5 Å². The highest BCUT2D eigenvalue weighted by Gasteiger charge is 2.33. The summed E-state index contributed by atoms with van der Waals surface area (Å²) in [6.07, 6.45) is -4.62. The minimum absolute atomic E-state index is 0.183. The van der Waals surface area contributed by atoms with Crippen molar-refractivity contribution in [2.75, 3.05) is 0 Å². The molecule has 0 aliphatic carbocycles. The van der Waals surface area contributed by atoms with E-state index >= 15 is 0 Å². The number of hydrogen-bond acceptors (Lipinski definition) is 5. The number of nitrogens with two attached hydrogens (primary N) is 1. The maximum atomic E-state index is 12.6. The molecule has 6 nitrogen and oxygen atoms in total. The van der Waals surface area contributed by atoms with Crippen LogP contribution in [0.15, 0.2) is 30.5 Å². The van der Waals surface area contributed by atoms with Crippen LogP contribution >= 0.6 is 0 Å². The van der Waals surface area contributed by atoms with Crippen molar-refractivity contribution >= 4 is 6.09 Å². The summed E-state index contributed by atoms with van der Waals surface area (Å²) in [7, 11) is 0. The summed E-state index contributed by atoms with van der Waals surface area (Å²) >= 11 is 0. The number of benzene rings is 1. The van der Waals surface area contributed by atoms with Crippen LogP contribution in [0.2, 0.25) is 0 Å². The van der Waals surface area contributed by atoms with Crippen molar-refractivity contribution in [1.29, 1.82) is 0 Å². The molecule has 0 saturated heterocycles. The lowest BCUT2D eigenvalue weighted by Crippen LogP contribution is -2.16. The molecule has 0 saturated carbocycles. The molecule has 22 heavy (non-hydrogen) atoms. The Balaban J connectivity index is 2.22. The van der Waals surface area contributed by atoms with E-state index in [1.165, 1.54) is 18.2 Å². The van der Waals surface area contributed by atoms with Crippen molar-refractivity contribution in [2.45, 2.75) is 13.1 Å². The molecule has 0 fully saturated rings. The molecule has 0 spiro atoms. The van der Waals surface area contributed by atoms with Gasteiger partial charge in [0.15, 0.2) is 5.69 Å². The second kappa shape index (κ2) is 5.88. The molecule has 0 aliphatic rings. The fraction of sp³-hybridized carbons (Fsp3) is 0.154. The number of ether oxygens (including phenoxy) is 2. The molecule has 1 amide bonds. The molecular weight excluding hydrogens is 303 g/mol. The number of aryl methyl sites for hydroxylation is 1. The Bertz CT molecular complexity index is 704. The Labute approximate surface area is 122 Å². The van der Waals surface area contributed by atoms with Crippen LogP contribution in [0.5, 0.6) is 17.5 Å². The van der Waals surface area contributed by atoms with E-state index < -0.39 is 24.0 Å². The first-order chi connectivity index (χ1) is 10.3. The fourth-order valence-electron chi connectivity index (χ4n) is 1.56. The Morgan fingerprint density at radius 3 is 2.59 bits per heavy atom. The van der Waals surface area contributed by atoms with Crippen LogP contribution in [-0.4, -0.2) is 16.1 Å². The second-order valence-electron chi connectivity index (χ2n) is 4.17. The van der Waals surface area contributed by atoms with E-state index in [2.05, 4.69) is 14.7 Å². The van der Waals surface area contributed by atoms with Gasteiger partial charge in [0.2, 0.25) is 0 Å². The number of halogens is 3. The summed E-state index contributed by atoms with van der Waals surface area (Å²) in [4.78, 5) is 17.5. The van der Waals surface area contributed by atoms with Crippen LogP contribution in [0.1, 0.15) is 11.3 Å². The van der Waals surface area contributed by atoms with Gasteiger partial charge in [0.1, 0.15) is 11.5 Å². The van der Waals surface area contributed by atoms with Gasteiger partial charge in [-0.15, -0.1) is 0 Å². The normalized spacial score (nSPS) is 11.1. The lowest BCUT2D eigenvalue weighted by molar-refractivity contribution is -0.141. The van der Waals surface area contributed by atoms with Gasteiger partial charge in [-0.05, 0) is 36.8 Å². The average Bonchev–Trinajstić information content (AvgIpc) is 2.41. The Hall–Kier alpha value is -2.84. The summed E-state index contributed by atoms with van der Waals surface area (Å²) < 4.78 is 47.5. The number of primary amides is 1. The first-order valence-electron chi connectivity index (χ1n) is 5.92. The maximum Gasteiger partial charge on any atom is 0.433 e. The Kier molecular flexibility index (Phi) is 4.15. The molecule has 1 heterocycles. The minimum Gasteiger partial charge on any atom is -0.424 e. The number of amides is 1. The monoisotopic (exact) mass is 313 g/mol. The van der Waals surface area contributed by atoms with Gasteiger partial charge in [0.05, 0.1) is 0 Å². The first-order valence-corrected chi connectivity index (χ1v) is 5.92. The van der Waals surface area contributed by atoms with Crippen molar-refractivity contribution < 1.29 is 27.4 Å². The number of aromatic nitrogens is 2. The molecule has 1 aromatic carbocycles. The molecule has 0 aliphatic heterocycles. The average molecular weight is 313 g/mol. The zero-order chi connectivity index (χ0) is 16.3.